The molecule has 18 heavy (non-hydrogen) atoms. The number of aliphatic hydroxyl groups excluding tert-OH is 1. The van der Waals surface area contributed by atoms with Crippen molar-refractivity contribution in [2.45, 2.75) is 12.6 Å². The maximum Gasteiger partial charge on any atom is 0.324 e. The van der Waals surface area contributed by atoms with Gasteiger partial charge in [-0.1, -0.05) is 27.3 Å². The summed E-state index contributed by atoms with van der Waals surface area (Å²) < 4.78 is 7.59. The molecule has 7 heteroatoms. The van der Waals surface area contributed by atoms with E-state index in [-0.39, 0.29) is 18.0 Å². The monoisotopic (exact) mass is 330 g/mol. The predicted molar refractivity (Wildman–Crippen MR) is 72.0 cm³/mol. The number of rotatable bonds is 5. The Balaban J connectivity index is 1.85. The van der Waals surface area contributed by atoms with Crippen LogP contribution >= 0.6 is 27.3 Å². The molecule has 0 saturated carbocycles. The summed E-state index contributed by atoms with van der Waals surface area (Å²) in [5.41, 5.74) is 1.45. The first-order chi connectivity index (χ1) is 8.65. The third-order valence-electron chi connectivity index (χ3n) is 2.19. The zero-order chi connectivity index (χ0) is 13.0. The fraction of sp³-hybridized carbons (Fsp3) is 0.273. The van der Waals surface area contributed by atoms with Crippen molar-refractivity contribution in [1.82, 2.24) is 9.78 Å². The average molecular weight is 331 g/mol. The van der Waals surface area contributed by atoms with Crippen LogP contribution in [0.2, 0.25) is 0 Å². The highest BCUT2D eigenvalue weighted by Crippen LogP contribution is 2.16. The molecule has 0 bridgehead atoms. The molecule has 96 valence electrons. The summed E-state index contributed by atoms with van der Waals surface area (Å²) in [5, 5.41) is 13.6. The van der Waals surface area contributed by atoms with E-state index in [0.717, 1.165) is 15.8 Å². The van der Waals surface area contributed by atoms with E-state index in [1.54, 1.807) is 12.1 Å². The summed E-state index contributed by atoms with van der Waals surface area (Å²) in [6.07, 6.45) is -0.770. The highest BCUT2D eigenvalue weighted by atomic mass is 79.9. The van der Waals surface area contributed by atoms with Crippen molar-refractivity contribution in [2.75, 3.05) is 6.61 Å². The molecule has 1 heterocycles. The predicted octanol–water partition coefficient (Wildman–Crippen LogP) is 1.51. The smallest absolute Gasteiger partial charge is 0.324 e. The largest absolute Gasteiger partial charge is 0.491 e. The van der Waals surface area contributed by atoms with E-state index in [1.807, 2.05) is 12.1 Å². The van der Waals surface area contributed by atoms with Crippen molar-refractivity contribution in [2.24, 2.45) is 0 Å². The average Bonchev–Trinajstić information content (AvgIpc) is 2.74. The molecule has 1 atom stereocenters. The molecule has 0 spiro atoms. The van der Waals surface area contributed by atoms with E-state index in [2.05, 4.69) is 21.0 Å². The summed E-state index contributed by atoms with van der Waals surface area (Å²) in [5.74, 6) is 0.669. The summed E-state index contributed by atoms with van der Waals surface area (Å²) in [4.78, 5) is 11.0. The molecule has 2 aromatic rings. The van der Waals surface area contributed by atoms with Crippen LogP contribution in [0.4, 0.5) is 0 Å². The van der Waals surface area contributed by atoms with Gasteiger partial charge in [-0.05, 0) is 24.3 Å². The molecule has 1 unspecified atom stereocenters. The molecule has 0 aliphatic rings. The Labute approximate surface area is 116 Å². The van der Waals surface area contributed by atoms with Gasteiger partial charge < -0.3 is 9.84 Å². The van der Waals surface area contributed by atoms with Crippen LogP contribution < -0.4 is 9.61 Å². The highest BCUT2D eigenvalue weighted by molar-refractivity contribution is 9.10. The van der Waals surface area contributed by atoms with Crippen molar-refractivity contribution in [3.8, 4) is 5.75 Å². The summed E-state index contributed by atoms with van der Waals surface area (Å²) in [6, 6.07) is 7.30. The van der Waals surface area contributed by atoms with Gasteiger partial charge >= 0.3 is 4.87 Å². The Morgan fingerprint density at radius 2 is 2.17 bits per heavy atom. The van der Waals surface area contributed by atoms with Crippen molar-refractivity contribution in [3.05, 3.63) is 43.9 Å². The van der Waals surface area contributed by atoms with Crippen LogP contribution in [0.5, 0.6) is 5.75 Å². The minimum absolute atomic E-state index is 0.117. The van der Waals surface area contributed by atoms with Gasteiger partial charge in [-0.15, -0.1) is 0 Å². The number of nitrogens with zero attached hydrogens (tertiary/aromatic N) is 2. The highest BCUT2D eigenvalue weighted by Gasteiger charge is 2.09. The molecule has 0 aliphatic heterocycles. The maximum atomic E-state index is 11.2. The summed E-state index contributed by atoms with van der Waals surface area (Å²) in [6.45, 7) is 0.254. The number of halogens is 1. The third-order valence-corrected chi connectivity index (χ3v) is 3.33. The van der Waals surface area contributed by atoms with Gasteiger partial charge in [0.25, 0.3) is 0 Å². The molecule has 2 rings (SSSR count). The van der Waals surface area contributed by atoms with Gasteiger partial charge in [0.15, 0.2) is 0 Å². The molecule has 1 aromatic carbocycles. The lowest BCUT2D eigenvalue weighted by atomic mass is 10.3. The van der Waals surface area contributed by atoms with Crippen molar-refractivity contribution >= 4 is 27.3 Å². The Morgan fingerprint density at radius 3 is 2.78 bits per heavy atom. The first kappa shape index (κ1) is 13.3. The zero-order valence-corrected chi connectivity index (χ0v) is 11.7. The van der Waals surface area contributed by atoms with E-state index in [0.29, 0.717) is 5.75 Å². The van der Waals surface area contributed by atoms with Crippen molar-refractivity contribution in [3.63, 3.8) is 0 Å². The number of aromatic nitrogens is 2. The number of hydrogen-bond acceptors (Lipinski definition) is 5. The van der Waals surface area contributed by atoms with E-state index >= 15 is 0 Å². The third kappa shape index (κ3) is 3.66. The van der Waals surface area contributed by atoms with E-state index < -0.39 is 6.10 Å². The fourth-order valence-electron chi connectivity index (χ4n) is 1.33. The Bertz CT molecular complexity index is 552. The minimum Gasteiger partial charge on any atom is -0.491 e. The topological polar surface area (TPSA) is 64.4 Å². The van der Waals surface area contributed by atoms with Crippen LogP contribution in [0.25, 0.3) is 0 Å². The lowest BCUT2D eigenvalue weighted by Crippen LogP contribution is -2.28. The lowest BCUT2D eigenvalue weighted by Gasteiger charge is -2.11. The normalized spacial score (nSPS) is 12.3. The molecule has 0 radical (unpaired) electrons. The molecular weight excluding hydrogens is 320 g/mol. The Kier molecular flexibility index (Phi) is 4.51. The molecule has 0 aliphatic carbocycles. The van der Waals surface area contributed by atoms with E-state index in [4.69, 9.17) is 4.74 Å². The second kappa shape index (κ2) is 6.12. The molecule has 5 nitrogen and oxygen atoms in total. The number of hydrogen-bond donors (Lipinski definition) is 1. The SMILES string of the molecule is O=c1scnn1CC(O)COc1ccc(Br)cc1. The lowest BCUT2D eigenvalue weighted by molar-refractivity contribution is 0.0886. The summed E-state index contributed by atoms with van der Waals surface area (Å²) in [7, 11) is 0. The van der Waals surface area contributed by atoms with Gasteiger partial charge in [0.1, 0.15) is 24.0 Å². The van der Waals surface area contributed by atoms with Gasteiger partial charge in [-0.3, -0.25) is 4.79 Å². The quantitative estimate of drug-likeness (QED) is 0.902. The van der Waals surface area contributed by atoms with Gasteiger partial charge in [-0.25, -0.2) is 4.68 Å². The van der Waals surface area contributed by atoms with E-state index in [9.17, 15) is 9.90 Å². The Morgan fingerprint density at radius 1 is 1.44 bits per heavy atom. The van der Waals surface area contributed by atoms with Crippen LogP contribution in [0, 0.1) is 0 Å². The van der Waals surface area contributed by atoms with Crippen LogP contribution in [0.3, 0.4) is 0 Å². The standard InChI is InChI=1S/C11H11BrN2O3S/c12-8-1-3-10(4-2-8)17-6-9(15)5-14-11(16)18-7-13-14/h1-4,7,9,15H,5-6H2. The zero-order valence-electron chi connectivity index (χ0n) is 9.32. The van der Waals surface area contributed by atoms with Gasteiger partial charge in [0.05, 0.1) is 6.54 Å². The van der Waals surface area contributed by atoms with Crippen molar-refractivity contribution < 1.29 is 9.84 Å². The molecule has 0 amide bonds. The van der Waals surface area contributed by atoms with Gasteiger partial charge in [-0.2, -0.15) is 5.10 Å². The number of aliphatic hydroxyl groups is 1. The van der Waals surface area contributed by atoms with Crippen molar-refractivity contribution in [1.29, 1.82) is 0 Å². The number of benzene rings is 1. The molecule has 0 fully saturated rings. The van der Waals surface area contributed by atoms with Crippen LogP contribution in [-0.2, 0) is 6.54 Å². The van der Waals surface area contributed by atoms with Gasteiger partial charge in [0.2, 0.25) is 0 Å². The van der Waals surface area contributed by atoms with Crippen LogP contribution in [0.1, 0.15) is 0 Å². The first-order valence-electron chi connectivity index (χ1n) is 5.22. The molecular formula is C11H11BrN2O3S. The maximum absolute atomic E-state index is 11.2. The Hall–Kier alpha value is -1.18. The molecule has 1 aromatic heterocycles. The molecule has 0 saturated heterocycles. The molecule has 1 N–H and O–H groups in total. The number of ether oxygens (including phenoxy) is 1. The minimum atomic E-state index is -0.770. The van der Waals surface area contributed by atoms with Crippen LogP contribution in [0.15, 0.2) is 39.0 Å². The first-order valence-corrected chi connectivity index (χ1v) is 6.89. The second-order valence-electron chi connectivity index (χ2n) is 3.61. The summed E-state index contributed by atoms with van der Waals surface area (Å²) >= 11 is 4.32. The van der Waals surface area contributed by atoms with Gasteiger partial charge in [0, 0.05) is 4.47 Å². The second-order valence-corrected chi connectivity index (χ2v) is 5.32. The van der Waals surface area contributed by atoms with E-state index in [1.165, 1.54) is 10.2 Å². The van der Waals surface area contributed by atoms with Crippen LogP contribution in [-0.4, -0.2) is 27.6 Å². The fourth-order valence-corrected chi connectivity index (χ4v) is 2.09.